The summed E-state index contributed by atoms with van der Waals surface area (Å²) in [6.07, 6.45) is 5.64. The minimum absolute atomic E-state index is 0.501. The SMILES string of the molecule is CC(C#N)(Cn1cc(Cl)cn1)NC1CC1. The van der Waals surface area contributed by atoms with Crippen LogP contribution in [0.5, 0.6) is 0 Å². The third-order valence-corrected chi connectivity index (χ3v) is 2.62. The van der Waals surface area contributed by atoms with E-state index < -0.39 is 5.54 Å². The Balaban J connectivity index is 2.03. The number of rotatable bonds is 4. The first-order chi connectivity index (χ1) is 7.11. The van der Waals surface area contributed by atoms with Gasteiger partial charge in [-0.25, -0.2) is 0 Å². The van der Waals surface area contributed by atoms with E-state index in [0.29, 0.717) is 17.6 Å². The van der Waals surface area contributed by atoms with Crippen molar-refractivity contribution >= 4 is 11.6 Å². The van der Waals surface area contributed by atoms with Crippen molar-refractivity contribution in [2.45, 2.75) is 37.9 Å². The van der Waals surface area contributed by atoms with Crippen LogP contribution in [0, 0.1) is 11.3 Å². The van der Waals surface area contributed by atoms with Crippen LogP contribution in [-0.4, -0.2) is 21.4 Å². The fraction of sp³-hybridized carbons (Fsp3) is 0.600. The van der Waals surface area contributed by atoms with E-state index in [-0.39, 0.29) is 0 Å². The normalized spacial score (nSPS) is 19.5. The summed E-state index contributed by atoms with van der Waals surface area (Å²) in [6.45, 7) is 2.41. The van der Waals surface area contributed by atoms with E-state index in [1.54, 1.807) is 17.1 Å². The molecular formula is C10H13ClN4. The largest absolute Gasteiger partial charge is 0.295 e. The molecular weight excluding hydrogens is 212 g/mol. The van der Waals surface area contributed by atoms with Crippen LogP contribution in [0.1, 0.15) is 19.8 Å². The standard InChI is InChI=1S/C10H13ClN4/c1-10(6-12,14-9-2-3-9)7-15-5-8(11)4-13-15/h4-5,9,14H,2-3,7H2,1H3. The van der Waals surface area contributed by atoms with Gasteiger partial charge in [0.2, 0.25) is 0 Å². The predicted octanol–water partition coefficient (Wildman–Crippen LogP) is 1.57. The smallest absolute Gasteiger partial charge is 0.123 e. The molecule has 4 nitrogen and oxygen atoms in total. The van der Waals surface area contributed by atoms with Gasteiger partial charge in [-0.2, -0.15) is 10.4 Å². The third kappa shape index (κ3) is 2.71. The molecule has 1 unspecified atom stereocenters. The van der Waals surface area contributed by atoms with Crippen molar-refractivity contribution in [1.29, 1.82) is 5.26 Å². The summed E-state index contributed by atoms with van der Waals surface area (Å²) < 4.78 is 1.70. The molecule has 80 valence electrons. The maximum atomic E-state index is 9.14. The number of nitrogens with zero attached hydrogens (tertiary/aromatic N) is 3. The molecule has 1 atom stereocenters. The Labute approximate surface area is 93.8 Å². The molecule has 0 saturated heterocycles. The van der Waals surface area contributed by atoms with Gasteiger partial charge in [0.05, 0.1) is 23.8 Å². The van der Waals surface area contributed by atoms with Crippen LogP contribution >= 0.6 is 11.6 Å². The first-order valence-corrected chi connectivity index (χ1v) is 5.36. The van der Waals surface area contributed by atoms with Gasteiger partial charge in [0, 0.05) is 12.2 Å². The Kier molecular flexibility index (Phi) is 2.68. The minimum atomic E-state index is -0.559. The molecule has 2 rings (SSSR count). The number of nitriles is 1. The number of aromatic nitrogens is 2. The van der Waals surface area contributed by atoms with Crippen LogP contribution in [0.3, 0.4) is 0 Å². The highest BCUT2D eigenvalue weighted by Crippen LogP contribution is 2.23. The van der Waals surface area contributed by atoms with E-state index >= 15 is 0 Å². The summed E-state index contributed by atoms with van der Waals surface area (Å²) >= 11 is 5.76. The van der Waals surface area contributed by atoms with Gasteiger partial charge in [-0.1, -0.05) is 11.6 Å². The molecule has 1 aliphatic rings. The van der Waals surface area contributed by atoms with Crippen molar-refractivity contribution in [3.63, 3.8) is 0 Å². The molecule has 15 heavy (non-hydrogen) atoms. The van der Waals surface area contributed by atoms with Crippen LogP contribution in [-0.2, 0) is 6.54 Å². The molecule has 0 bridgehead atoms. The van der Waals surface area contributed by atoms with E-state index in [1.807, 2.05) is 6.92 Å². The molecule has 1 aromatic heterocycles. The lowest BCUT2D eigenvalue weighted by molar-refractivity contribution is 0.367. The second-order valence-corrected chi connectivity index (χ2v) is 4.66. The molecule has 0 spiro atoms. The summed E-state index contributed by atoms with van der Waals surface area (Å²) in [5.41, 5.74) is -0.559. The van der Waals surface area contributed by atoms with Gasteiger partial charge in [0.1, 0.15) is 5.54 Å². The first-order valence-electron chi connectivity index (χ1n) is 4.98. The second-order valence-electron chi connectivity index (χ2n) is 4.22. The number of halogens is 1. The van der Waals surface area contributed by atoms with E-state index in [9.17, 15) is 0 Å². The highest BCUT2D eigenvalue weighted by molar-refractivity contribution is 6.30. The Morgan fingerprint density at radius 3 is 3.00 bits per heavy atom. The van der Waals surface area contributed by atoms with Gasteiger partial charge in [-0.3, -0.25) is 10.00 Å². The van der Waals surface area contributed by atoms with Crippen molar-refractivity contribution in [3.8, 4) is 6.07 Å². The molecule has 1 fully saturated rings. The summed E-state index contributed by atoms with van der Waals surface area (Å²) in [6, 6.07) is 2.79. The molecule has 5 heteroatoms. The van der Waals surface area contributed by atoms with Crippen molar-refractivity contribution in [3.05, 3.63) is 17.4 Å². The Hall–Kier alpha value is -1.05. The Morgan fingerprint density at radius 2 is 2.53 bits per heavy atom. The Morgan fingerprint density at radius 1 is 1.80 bits per heavy atom. The average molecular weight is 225 g/mol. The van der Waals surface area contributed by atoms with Gasteiger partial charge in [-0.05, 0) is 19.8 Å². The summed E-state index contributed by atoms with van der Waals surface area (Å²) in [4.78, 5) is 0. The van der Waals surface area contributed by atoms with Gasteiger partial charge >= 0.3 is 0 Å². The first kappa shape index (κ1) is 10.5. The van der Waals surface area contributed by atoms with Crippen molar-refractivity contribution in [2.75, 3.05) is 0 Å². The number of hydrogen-bond donors (Lipinski definition) is 1. The molecule has 0 aliphatic heterocycles. The van der Waals surface area contributed by atoms with E-state index in [4.69, 9.17) is 16.9 Å². The lowest BCUT2D eigenvalue weighted by Crippen LogP contribution is -2.46. The van der Waals surface area contributed by atoms with Crippen LogP contribution in [0.4, 0.5) is 0 Å². The average Bonchev–Trinajstić information content (AvgIpc) is 2.90. The molecule has 1 aliphatic carbocycles. The molecule has 0 aromatic carbocycles. The van der Waals surface area contributed by atoms with Gasteiger partial charge in [0.25, 0.3) is 0 Å². The monoisotopic (exact) mass is 224 g/mol. The molecule has 0 radical (unpaired) electrons. The van der Waals surface area contributed by atoms with Crippen LogP contribution in [0.25, 0.3) is 0 Å². The van der Waals surface area contributed by atoms with E-state index in [2.05, 4.69) is 16.5 Å². The van der Waals surface area contributed by atoms with Crippen LogP contribution in [0.15, 0.2) is 12.4 Å². The van der Waals surface area contributed by atoms with E-state index in [0.717, 1.165) is 12.8 Å². The van der Waals surface area contributed by atoms with Crippen molar-refractivity contribution in [1.82, 2.24) is 15.1 Å². The van der Waals surface area contributed by atoms with Crippen molar-refractivity contribution < 1.29 is 0 Å². The van der Waals surface area contributed by atoms with Crippen LogP contribution < -0.4 is 5.32 Å². The lowest BCUT2D eigenvalue weighted by atomic mass is 10.1. The van der Waals surface area contributed by atoms with Crippen molar-refractivity contribution in [2.24, 2.45) is 0 Å². The zero-order valence-corrected chi connectivity index (χ0v) is 9.33. The zero-order valence-electron chi connectivity index (χ0n) is 8.57. The third-order valence-electron chi connectivity index (χ3n) is 2.43. The topological polar surface area (TPSA) is 53.6 Å². The quantitative estimate of drug-likeness (QED) is 0.845. The minimum Gasteiger partial charge on any atom is -0.295 e. The molecule has 1 N–H and O–H groups in total. The maximum absolute atomic E-state index is 9.14. The highest BCUT2D eigenvalue weighted by atomic mass is 35.5. The van der Waals surface area contributed by atoms with Gasteiger partial charge in [0.15, 0.2) is 0 Å². The van der Waals surface area contributed by atoms with Gasteiger partial charge < -0.3 is 0 Å². The molecule has 1 heterocycles. The zero-order chi connectivity index (χ0) is 10.9. The lowest BCUT2D eigenvalue weighted by Gasteiger charge is -2.22. The number of nitrogens with one attached hydrogen (secondary N) is 1. The second kappa shape index (κ2) is 3.84. The van der Waals surface area contributed by atoms with E-state index in [1.165, 1.54) is 0 Å². The summed E-state index contributed by atoms with van der Waals surface area (Å²) in [7, 11) is 0. The fourth-order valence-corrected chi connectivity index (χ4v) is 1.70. The van der Waals surface area contributed by atoms with Crippen LogP contribution in [0.2, 0.25) is 5.02 Å². The summed E-state index contributed by atoms with van der Waals surface area (Å²) in [5.74, 6) is 0. The molecule has 1 aromatic rings. The van der Waals surface area contributed by atoms with Gasteiger partial charge in [-0.15, -0.1) is 0 Å². The Bertz CT molecular complexity index is 390. The molecule has 1 saturated carbocycles. The predicted molar refractivity (Wildman–Crippen MR) is 57.4 cm³/mol. The summed E-state index contributed by atoms with van der Waals surface area (Å²) in [5, 5.41) is 17.1. The fourth-order valence-electron chi connectivity index (χ4n) is 1.54. The maximum Gasteiger partial charge on any atom is 0.123 e. The number of hydrogen-bond acceptors (Lipinski definition) is 3. The molecule has 0 amide bonds. The highest BCUT2D eigenvalue weighted by Gasteiger charge is 2.33.